The van der Waals surface area contributed by atoms with Crippen LogP contribution in [0.3, 0.4) is 0 Å². The molecule has 0 saturated carbocycles. The van der Waals surface area contributed by atoms with Crippen LogP contribution >= 0.6 is 11.8 Å². The SMILES string of the molecule is CSc1ncc(CN2C[C@@H]3CC[C@H]2CN(C2CCOCC2)C3)cn1. The highest BCUT2D eigenvalue weighted by atomic mass is 32.2. The second kappa shape index (κ2) is 7.68. The molecular weight excluding hydrogens is 320 g/mol. The van der Waals surface area contributed by atoms with Gasteiger partial charge in [0.1, 0.15) is 0 Å². The molecule has 0 N–H and O–H groups in total. The third kappa shape index (κ3) is 3.77. The maximum absolute atomic E-state index is 5.56. The number of ether oxygens (including phenoxy) is 1. The second-order valence-electron chi connectivity index (χ2n) is 7.40. The van der Waals surface area contributed by atoms with Crippen LogP contribution in [0.15, 0.2) is 17.6 Å². The van der Waals surface area contributed by atoms with Crippen LogP contribution in [-0.4, -0.2) is 71.0 Å². The predicted molar refractivity (Wildman–Crippen MR) is 96.1 cm³/mol. The summed E-state index contributed by atoms with van der Waals surface area (Å²) in [6, 6.07) is 1.43. The van der Waals surface area contributed by atoms with E-state index in [2.05, 4.69) is 19.8 Å². The Kier molecular flexibility index (Phi) is 5.37. The van der Waals surface area contributed by atoms with Gasteiger partial charge in [0.25, 0.3) is 0 Å². The average Bonchev–Trinajstić information content (AvgIpc) is 2.95. The topological polar surface area (TPSA) is 41.5 Å². The van der Waals surface area contributed by atoms with E-state index in [9.17, 15) is 0 Å². The fraction of sp³-hybridized carbons (Fsp3) is 0.778. The molecule has 5 nitrogen and oxygen atoms in total. The number of nitrogens with zero attached hydrogens (tertiary/aromatic N) is 4. The monoisotopic (exact) mass is 348 g/mol. The molecule has 5 heterocycles. The number of rotatable bonds is 4. The highest BCUT2D eigenvalue weighted by Crippen LogP contribution is 2.31. The molecule has 0 radical (unpaired) electrons. The molecule has 0 aromatic carbocycles. The van der Waals surface area contributed by atoms with Crippen LogP contribution < -0.4 is 0 Å². The van der Waals surface area contributed by atoms with Crippen LogP contribution in [0.2, 0.25) is 0 Å². The van der Waals surface area contributed by atoms with E-state index in [-0.39, 0.29) is 0 Å². The van der Waals surface area contributed by atoms with E-state index in [1.54, 1.807) is 11.8 Å². The van der Waals surface area contributed by atoms with E-state index >= 15 is 0 Å². The fourth-order valence-electron chi connectivity index (χ4n) is 4.52. The molecule has 2 atom stereocenters. The van der Waals surface area contributed by atoms with Gasteiger partial charge in [-0.2, -0.15) is 0 Å². The van der Waals surface area contributed by atoms with Crippen LogP contribution in [0.25, 0.3) is 0 Å². The van der Waals surface area contributed by atoms with Crippen molar-refractivity contribution in [1.29, 1.82) is 0 Å². The lowest BCUT2D eigenvalue weighted by molar-refractivity contribution is 0.0307. The average molecular weight is 349 g/mol. The molecule has 4 saturated heterocycles. The van der Waals surface area contributed by atoms with E-state index in [0.29, 0.717) is 6.04 Å². The lowest BCUT2D eigenvalue weighted by atomic mass is 9.94. The Bertz CT molecular complexity index is 534. The van der Waals surface area contributed by atoms with Crippen LogP contribution in [0.4, 0.5) is 0 Å². The molecule has 6 heteroatoms. The molecule has 0 unspecified atom stereocenters. The van der Waals surface area contributed by atoms with E-state index < -0.39 is 0 Å². The Morgan fingerprint density at radius 2 is 1.83 bits per heavy atom. The first-order chi connectivity index (χ1) is 11.8. The van der Waals surface area contributed by atoms with Crippen molar-refractivity contribution in [3.05, 3.63) is 18.0 Å². The Morgan fingerprint density at radius 3 is 2.58 bits per heavy atom. The van der Waals surface area contributed by atoms with Crippen LogP contribution in [0.1, 0.15) is 31.2 Å². The zero-order valence-corrected chi connectivity index (χ0v) is 15.4. The zero-order chi connectivity index (χ0) is 16.4. The van der Waals surface area contributed by atoms with Gasteiger partial charge in [0.15, 0.2) is 5.16 Å². The molecule has 4 aliphatic heterocycles. The lowest BCUT2D eigenvalue weighted by Gasteiger charge is -2.37. The number of fused-ring (bicyclic) bond motifs is 4. The van der Waals surface area contributed by atoms with Crippen molar-refractivity contribution in [2.24, 2.45) is 5.92 Å². The number of piperidine rings is 1. The van der Waals surface area contributed by atoms with Crippen molar-refractivity contribution in [3.63, 3.8) is 0 Å². The number of thioether (sulfide) groups is 1. The number of hydrogen-bond donors (Lipinski definition) is 0. The minimum Gasteiger partial charge on any atom is -0.381 e. The first-order valence-electron chi connectivity index (χ1n) is 9.22. The van der Waals surface area contributed by atoms with Crippen LogP contribution in [-0.2, 0) is 11.3 Å². The van der Waals surface area contributed by atoms with Crippen molar-refractivity contribution in [2.45, 2.75) is 49.5 Å². The molecule has 1 aromatic rings. The van der Waals surface area contributed by atoms with Gasteiger partial charge in [0.2, 0.25) is 0 Å². The van der Waals surface area contributed by atoms with Crippen molar-refractivity contribution < 1.29 is 4.74 Å². The van der Waals surface area contributed by atoms with E-state index in [1.807, 2.05) is 18.6 Å². The number of hydrogen-bond acceptors (Lipinski definition) is 6. The maximum atomic E-state index is 5.56. The molecule has 24 heavy (non-hydrogen) atoms. The molecular formula is C18H28N4OS. The van der Waals surface area contributed by atoms with Gasteiger partial charge in [-0.1, -0.05) is 11.8 Å². The molecule has 4 fully saturated rings. The number of aromatic nitrogens is 2. The molecule has 0 amide bonds. The fourth-order valence-corrected chi connectivity index (χ4v) is 4.84. The van der Waals surface area contributed by atoms with Gasteiger partial charge in [0.05, 0.1) is 0 Å². The summed E-state index contributed by atoms with van der Waals surface area (Å²) in [5, 5.41) is 0.863. The summed E-state index contributed by atoms with van der Waals surface area (Å²) in [5.74, 6) is 0.818. The largest absolute Gasteiger partial charge is 0.381 e. The van der Waals surface area contributed by atoms with Gasteiger partial charge in [-0.15, -0.1) is 0 Å². The summed E-state index contributed by atoms with van der Waals surface area (Å²) in [6.45, 7) is 6.62. The van der Waals surface area contributed by atoms with Crippen molar-refractivity contribution in [1.82, 2.24) is 19.8 Å². The summed E-state index contributed by atoms with van der Waals surface area (Å²) in [6.07, 6.45) is 11.2. The molecule has 5 rings (SSSR count). The van der Waals surface area contributed by atoms with Gasteiger partial charge < -0.3 is 4.74 Å². The first-order valence-corrected chi connectivity index (χ1v) is 10.4. The summed E-state index contributed by atoms with van der Waals surface area (Å²) in [5.41, 5.74) is 1.25. The minimum absolute atomic E-state index is 0.687. The lowest BCUT2D eigenvalue weighted by Crippen LogP contribution is -2.45. The molecule has 4 aliphatic rings. The minimum atomic E-state index is 0.687. The van der Waals surface area contributed by atoms with Crippen LogP contribution in [0, 0.1) is 5.92 Å². The quantitative estimate of drug-likeness (QED) is 0.614. The Labute approximate surface area is 149 Å². The van der Waals surface area contributed by atoms with Gasteiger partial charge >= 0.3 is 0 Å². The van der Waals surface area contributed by atoms with Crippen molar-refractivity contribution >= 4 is 11.8 Å². The smallest absolute Gasteiger partial charge is 0.187 e. The summed E-state index contributed by atoms with van der Waals surface area (Å²) >= 11 is 1.60. The van der Waals surface area contributed by atoms with Crippen molar-refractivity contribution in [2.75, 3.05) is 39.1 Å². The van der Waals surface area contributed by atoms with Crippen LogP contribution in [0.5, 0.6) is 0 Å². The Morgan fingerprint density at radius 1 is 1.04 bits per heavy atom. The molecule has 2 bridgehead atoms. The Balaban J connectivity index is 1.42. The van der Waals surface area contributed by atoms with Gasteiger partial charge in [-0.05, 0) is 37.9 Å². The first kappa shape index (κ1) is 16.8. The van der Waals surface area contributed by atoms with Gasteiger partial charge in [0, 0.05) is 69.4 Å². The summed E-state index contributed by atoms with van der Waals surface area (Å²) in [4.78, 5) is 14.3. The normalized spacial score (nSPS) is 29.7. The van der Waals surface area contributed by atoms with E-state index in [0.717, 1.165) is 36.9 Å². The molecule has 132 valence electrons. The van der Waals surface area contributed by atoms with Gasteiger partial charge in [-0.3, -0.25) is 9.80 Å². The predicted octanol–water partition coefficient (Wildman–Crippen LogP) is 2.27. The summed E-state index contributed by atoms with van der Waals surface area (Å²) < 4.78 is 5.56. The van der Waals surface area contributed by atoms with E-state index in [1.165, 1.54) is 50.9 Å². The standard InChI is InChI=1S/C18H28N4OS/c1-24-18-19-8-15(9-20-18)12-21-10-14-2-3-17(21)13-22(11-14)16-4-6-23-7-5-16/h8-9,14,16-17H,2-7,10-13H2,1H3/t14-,17-/m0/s1. The highest BCUT2D eigenvalue weighted by molar-refractivity contribution is 7.98. The summed E-state index contributed by atoms with van der Waals surface area (Å²) in [7, 11) is 0. The highest BCUT2D eigenvalue weighted by Gasteiger charge is 2.37. The van der Waals surface area contributed by atoms with Crippen molar-refractivity contribution in [3.8, 4) is 0 Å². The molecule has 1 aromatic heterocycles. The molecule has 0 aliphatic carbocycles. The third-order valence-corrected chi connectivity index (χ3v) is 6.39. The van der Waals surface area contributed by atoms with Gasteiger partial charge in [-0.25, -0.2) is 9.97 Å². The third-order valence-electron chi connectivity index (χ3n) is 5.81. The second-order valence-corrected chi connectivity index (χ2v) is 8.18. The maximum Gasteiger partial charge on any atom is 0.187 e. The Hall–Kier alpha value is -0.690. The zero-order valence-electron chi connectivity index (χ0n) is 14.6. The van der Waals surface area contributed by atoms with E-state index in [4.69, 9.17) is 4.74 Å². The molecule has 0 spiro atoms.